The Labute approximate surface area is 432 Å². The topological polar surface area (TPSA) is 78.9 Å². The first-order valence-corrected chi connectivity index (χ1v) is 29.3. The van der Waals surface area contributed by atoms with Crippen molar-refractivity contribution in [1.29, 1.82) is 0 Å². The molecule has 0 amide bonds. The summed E-state index contributed by atoms with van der Waals surface area (Å²) in [7, 11) is 0. The molecule has 0 aromatic rings. The molecule has 0 rings (SSSR count). The molecule has 0 spiro atoms. The van der Waals surface area contributed by atoms with Crippen molar-refractivity contribution in [2.45, 2.75) is 277 Å². The van der Waals surface area contributed by atoms with Crippen molar-refractivity contribution >= 4 is 17.9 Å². The summed E-state index contributed by atoms with van der Waals surface area (Å²) in [5, 5.41) is 0. The van der Waals surface area contributed by atoms with Gasteiger partial charge in [-0.25, -0.2) is 0 Å². The fraction of sp³-hybridized carbons (Fsp3) is 0.703. The van der Waals surface area contributed by atoms with Crippen molar-refractivity contribution in [3.63, 3.8) is 0 Å². The summed E-state index contributed by atoms with van der Waals surface area (Å²) in [6.45, 7) is 6.45. The molecule has 0 saturated carbocycles. The molecule has 0 heterocycles. The third-order valence-electron chi connectivity index (χ3n) is 12.4. The van der Waals surface area contributed by atoms with Gasteiger partial charge in [-0.15, -0.1) is 0 Å². The first-order valence-electron chi connectivity index (χ1n) is 29.3. The zero-order valence-corrected chi connectivity index (χ0v) is 45.8. The van der Waals surface area contributed by atoms with Gasteiger partial charge in [0, 0.05) is 19.3 Å². The van der Waals surface area contributed by atoms with E-state index in [1.165, 1.54) is 135 Å². The number of allylic oxidation sites excluding steroid dienone is 16. The number of rotatable bonds is 52. The fourth-order valence-corrected chi connectivity index (χ4v) is 7.99. The molecule has 0 N–H and O–H groups in total. The summed E-state index contributed by atoms with van der Waals surface area (Å²) in [4.78, 5) is 38.1. The highest BCUT2D eigenvalue weighted by molar-refractivity contribution is 5.71. The third kappa shape index (κ3) is 55.3. The molecule has 6 heteroatoms. The summed E-state index contributed by atoms with van der Waals surface area (Å²) < 4.78 is 16.8. The van der Waals surface area contributed by atoms with Gasteiger partial charge in [-0.05, 0) is 83.5 Å². The molecule has 1 unspecified atom stereocenters. The van der Waals surface area contributed by atoms with Gasteiger partial charge in [0.1, 0.15) is 13.2 Å². The lowest BCUT2D eigenvalue weighted by molar-refractivity contribution is -0.166. The van der Waals surface area contributed by atoms with Crippen molar-refractivity contribution in [1.82, 2.24) is 0 Å². The van der Waals surface area contributed by atoms with Gasteiger partial charge in [-0.1, -0.05) is 266 Å². The van der Waals surface area contributed by atoms with E-state index in [4.69, 9.17) is 14.2 Å². The van der Waals surface area contributed by atoms with Crippen LogP contribution in [0.2, 0.25) is 0 Å². The Morgan fingerprint density at radius 3 is 1.03 bits per heavy atom. The minimum atomic E-state index is -0.818. The van der Waals surface area contributed by atoms with E-state index >= 15 is 0 Å². The number of esters is 3. The van der Waals surface area contributed by atoms with Crippen molar-refractivity contribution < 1.29 is 28.6 Å². The molecule has 70 heavy (non-hydrogen) atoms. The summed E-state index contributed by atoms with van der Waals surface area (Å²) in [5.74, 6) is -1.02. The predicted molar refractivity (Wildman–Crippen MR) is 302 cm³/mol. The highest BCUT2D eigenvalue weighted by atomic mass is 16.6. The normalized spacial score (nSPS) is 12.8. The van der Waals surface area contributed by atoms with Crippen LogP contribution in [0.5, 0.6) is 0 Å². The molecule has 0 bridgehead atoms. The summed E-state index contributed by atoms with van der Waals surface area (Å²) in [5.41, 5.74) is 0. The van der Waals surface area contributed by atoms with Crippen LogP contribution in [0.15, 0.2) is 97.2 Å². The molecular weight excluding hydrogens is 865 g/mol. The Balaban J connectivity index is 4.52. The second-order valence-electron chi connectivity index (χ2n) is 19.2. The molecule has 0 aliphatic heterocycles. The van der Waals surface area contributed by atoms with Crippen LogP contribution in [-0.2, 0) is 28.6 Å². The van der Waals surface area contributed by atoms with Gasteiger partial charge in [-0.2, -0.15) is 0 Å². The number of ether oxygens (including phenoxy) is 3. The smallest absolute Gasteiger partial charge is 0.306 e. The molecule has 0 aromatic heterocycles. The van der Waals surface area contributed by atoms with Crippen LogP contribution in [0.4, 0.5) is 0 Å². The van der Waals surface area contributed by atoms with Crippen LogP contribution in [-0.4, -0.2) is 37.2 Å². The lowest BCUT2D eigenvalue weighted by Crippen LogP contribution is -2.30. The maximum absolute atomic E-state index is 12.9. The van der Waals surface area contributed by atoms with E-state index in [-0.39, 0.29) is 37.5 Å². The minimum Gasteiger partial charge on any atom is -0.462 e. The highest BCUT2D eigenvalue weighted by Gasteiger charge is 2.19. The monoisotopic (exact) mass is 973 g/mol. The molecule has 0 radical (unpaired) electrons. The third-order valence-corrected chi connectivity index (χ3v) is 12.4. The number of unbranched alkanes of at least 4 members (excludes halogenated alkanes) is 26. The van der Waals surface area contributed by atoms with Crippen LogP contribution in [0.3, 0.4) is 0 Å². The second-order valence-corrected chi connectivity index (χ2v) is 19.2. The van der Waals surface area contributed by atoms with Crippen molar-refractivity contribution in [2.24, 2.45) is 0 Å². The van der Waals surface area contributed by atoms with Gasteiger partial charge >= 0.3 is 17.9 Å². The first-order chi connectivity index (χ1) is 34.5. The second kappa shape index (κ2) is 57.9. The van der Waals surface area contributed by atoms with Crippen LogP contribution in [0.1, 0.15) is 271 Å². The lowest BCUT2D eigenvalue weighted by Gasteiger charge is -2.18. The molecule has 1 atom stereocenters. The van der Waals surface area contributed by atoms with Gasteiger partial charge in [0.05, 0.1) is 0 Å². The minimum absolute atomic E-state index is 0.113. The van der Waals surface area contributed by atoms with Crippen molar-refractivity contribution in [3.8, 4) is 0 Å². The van der Waals surface area contributed by atoms with Crippen LogP contribution in [0.25, 0.3) is 0 Å². The van der Waals surface area contributed by atoms with Crippen LogP contribution >= 0.6 is 0 Å². The Kier molecular flexibility index (Phi) is 54.9. The van der Waals surface area contributed by atoms with Crippen molar-refractivity contribution in [3.05, 3.63) is 97.2 Å². The van der Waals surface area contributed by atoms with Gasteiger partial charge in [0.2, 0.25) is 0 Å². The molecule has 0 aromatic carbocycles. The molecule has 0 aliphatic rings. The van der Waals surface area contributed by atoms with Gasteiger partial charge in [0.15, 0.2) is 6.10 Å². The van der Waals surface area contributed by atoms with E-state index < -0.39 is 6.10 Å². The zero-order chi connectivity index (χ0) is 50.7. The summed E-state index contributed by atoms with van der Waals surface area (Å²) in [6.07, 6.45) is 77.0. The standard InChI is InChI=1S/C64H108O6/c1-4-7-10-13-16-19-22-25-28-31-32-34-36-39-42-45-48-51-54-57-63(66)69-60-61(59-68-62(65)56-53-50-47-44-41-38-35-30-27-24-21-18-15-12-9-6-3)70-64(67)58-55-52-49-46-43-40-37-33-29-26-23-20-17-14-11-8-5-2/h7,10,16,19,25,28,30,32,34-35,38-39,41-42,48,51,61H,4-6,8-9,11-15,17-18,20-24,26-27,29,31,33,36-37,40,43-47,49-50,52-60H2,1-3H3/b10-7-,19-16-,28-25-,34-32-,35-30-,41-38-,42-39-,51-48-. The van der Waals surface area contributed by atoms with Crippen LogP contribution < -0.4 is 0 Å². The molecule has 400 valence electrons. The fourth-order valence-electron chi connectivity index (χ4n) is 7.99. The molecule has 0 saturated heterocycles. The van der Waals surface area contributed by atoms with Gasteiger partial charge < -0.3 is 14.2 Å². The quantitative estimate of drug-likeness (QED) is 0.0199. The number of hydrogen-bond donors (Lipinski definition) is 0. The maximum atomic E-state index is 12.9. The van der Waals surface area contributed by atoms with Gasteiger partial charge in [0.25, 0.3) is 0 Å². The molecule has 0 fully saturated rings. The van der Waals surface area contributed by atoms with Crippen molar-refractivity contribution in [2.75, 3.05) is 13.2 Å². The van der Waals surface area contributed by atoms with E-state index in [1.807, 2.05) is 6.08 Å². The Bertz CT molecular complexity index is 1400. The van der Waals surface area contributed by atoms with E-state index in [1.54, 1.807) is 0 Å². The molecular formula is C64H108O6. The summed E-state index contributed by atoms with van der Waals surface area (Å²) >= 11 is 0. The number of carbonyl (C=O) groups is 3. The average Bonchev–Trinajstić information content (AvgIpc) is 3.36. The maximum Gasteiger partial charge on any atom is 0.306 e. The Morgan fingerprint density at radius 2 is 0.629 bits per heavy atom. The van der Waals surface area contributed by atoms with Gasteiger partial charge in [-0.3, -0.25) is 14.4 Å². The van der Waals surface area contributed by atoms with E-state index in [0.717, 1.165) is 89.9 Å². The Hall–Kier alpha value is -3.67. The van der Waals surface area contributed by atoms with E-state index in [9.17, 15) is 14.4 Å². The van der Waals surface area contributed by atoms with E-state index in [2.05, 4.69) is 112 Å². The number of carbonyl (C=O) groups excluding carboxylic acids is 3. The Morgan fingerprint density at radius 1 is 0.314 bits per heavy atom. The predicted octanol–water partition coefficient (Wildman–Crippen LogP) is 19.7. The largest absolute Gasteiger partial charge is 0.462 e. The lowest BCUT2D eigenvalue weighted by atomic mass is 10.0. The molecule has 0 aliphatic carbocycles. The van der Waals surface area contributed by atoms with Crippen LogP contribution in [0, 0.1) is 0 Å². The average molecular weight is 974 g/mol. The van der Waals surface area contributed by atoms with E-state index in [0.29, 0.717) is 19.3 Å². The summed E-state index contributed by atoms with van der Waals surface area (Å²) in [6, 6.07) is 0. The first kappa shape index (κ1) is 66.3. The SMILES string of the molecule is CC/C=C\C/C=C\C/C=C\C/C=C\C/C=C\C/C=C\CCC(=O)OCC(COC(=O)CCCCC/C=C\C=C/CCCCCCCCC)OC(=O)CCCCCCCCCCCCCCCCCCC. The highest BCUT2D eigenvalue weighted by Crippen LogP contribution is 2.16. The zero-order valence-electron chi connectivity index (χ0n) is 45.8. The molecule has 6 nitrogen and oxygen atoms in total. The number of hydrogen-bond acceptors (Lipinski definition) is 6.